The van der Waals surface area contributed by atoms with Gasteiger partial charge in [0.15, 0.2) is 0 Å². The van der Waals surface area contributed by atoms with Crippen LogP contribution in [0.25, 0.3) is 0 Å². The van der Waals surface area contributed by atoms with Gasteiger partial charge in [-0.1, -0.05) is 18.2 Å². The Morgan fingerprint density at radius 2 is 1.96 bits per heavy atom. The molecule has 0 saturated carbocycles. The van der Waals surface area contributed by atoms with Crippen molar-refractivity contribution in [1.82, 2.24) is 5.32 Å². The van der Waals surface area contributed by atoms with Gasteiger partial charge in [0.2, 0.25) is 5.91 Å². The van der Waals surface area contributed by atoms with E-state index in [1.54, 1.807) is 30.3 Å². The summed E-state index contributed by atoms with van der Waals surface area (Å²) in [5.74, 6) is -0.368. The van der Waals surface area contributed by atoms with Gasteiger partial charge in [0.05, 0.1) is 5.92 Å². The number of rotatable bonds is 5. The van der Waals surface area contributed by atoms with Crippen molar-refractivity contribution in [2.75, 3.05) is 0 Å². The van der Waals surface area contributed by atoms with E-state index in [4.69, 9.17) is 4.74 Å². The van der Waals surface area contributed by atoms with Gasteiger partial charge in [0, 0.05) is 18.8 Å². The molecule has 1 unspecified atom stereocenters. The molecule has 1 atom stereocenters. The van der Waals surface area contributed by atoms with E-state index in [1.807, 2.05) is 6.07 Å². The van der Waals surface area contributed by atoms with Crippen molar-refractivity contribution in [3.8, 4) is 11.5 Å². The summed E-state index contributed by atoms with van der Waals surface area (Å²) in [4.78, 5) is 26.6. The lowest BCUT2D eigenvalue weighted by atomic mass is 10.1. The van der Waals surface area contributed by atoms with Crippen LogP contribution in [0, 0.1) is 11.7 Å². The molecule has 126 valence electrons. The molecule has 25 heavy (non-hydrogen) atoms. The molecule has 5 nitrogen and oxygen atoms in total. The Kier molecular flexibility index (Phi) is 4.99. The lowest BCUT2D eigenvalue weighted by Crippen LogP contribution is -2.31. The Balaban J connectivity index is 1.59. The van der Waals surface area contributed by atoms with E-state index in [1.165, 1.54) is 30.5 Å². The highest BCUT2D eigenvalue weighted by atomic mass is 19.1. The average Bonchev–Trinajstić information content (AvgIpc) is 2.63. The predicted molar refractivity (Wildman–Crippen MR) is 90.9 cm³/mol. The van der Waals surface area contributed by atoms with E-state index in [9.17, 15) is 14.0 Å². The van der Waals surface area contributed by atoms with E-state index in [-0.39, 0.29) is 17.6 Å². The molecule has 0 aliphatic carbocycles. The molecule has 0 bridgehead atoms. The van der Waals surface area contributed by atoms with Gasteiger partial charge in [-0.15, -0.1) is 0 Å². The Bertz CT molecular complexity index is 828. The van der Waals surface area contributed by atoms with Crippen LogP contribution in [0.15, 0.2) is 65.7 Å². The van der Waals surface area contributed by atoms with Crippen LogP contribution in [0.2, 0.25) is 0 Å². The molecule has 3 rings (SSSR count). The van der Waals surface area contributed by atoms with Crippen molar-refractivity contribution in [2.45, 2.75) is 6.54 Å². The van der Waals surface area contributed by atoms with Crippen molar-refractivity contribution >= 4 is 18.0 Å². The first-order chi connectivity index (χ1) is 12.1. The van der Waals surface area contributed by atoms with E-state index in [0.29, 0.717) is 18.0 Å². The minimum atomic E-state index is -0.545. The molecule has 2 amide bonds. The van der Waals surface area contributed by atoms with Gasteiger partial charge in [0.25, 0.3) is 5.91 Å². The quantitative estimate of drug-likeness (QED) is 0.911. The zero-order chi connectivity index (χ0) is 17.6. The molecular formula is C19H15FN2O3. The van der Waals surface area contributed by atoms with Crippen molar-refractivity contribution in [3.63, 3.8) is 0 Å². The van der Waals surface area contributed by atoms with Gasteiger partial charge in [0.1, 0.15) is 17.3 Å². The molecule has 2 aromatic carbocycles. The SMILES string of the molecule is O=C1C=CC(C(=O)NCc2cccc(Oc3ccc(F)cc3)c2)C=N1. The van der Waals surface area contributed by atoms with Crippen LogP contribution in [-0.4, -0.2) is 18.0 Å². The molecule has 0 radical (unpaired) electrons. The third-order valence-corrected chi connectivity index (χ3v) is 3.53. The molecule has 1 heterocycles. The lowest BCUT2D eigenvalue weighted by Gasteiger charge is -2.12. The second kappa shape index (κ2) is 7.53. The number of amides is 2. The number of halogens is 1. The number of aliphatic imine (C=N–C) groups is 1. The number of benzene rings is 2. The summed E-state index contributed by atoms with van der Waals surface area (Å²) in [6.07, 6.45) is 4.12. The molecule has 0 aromatic heterocycles. The van der Waals surface area contributed by atoms with Gasteiger partial charge in [-0.3, -0.25) is 9.59 Å². The van der Waals surface area contributed by atoms with Crippen LogP contribution < -0.4 is 10.1 Å². The van der Waals surface area contributed by atoms with Gasteiger partial charge in [-0.25, -0.2) is 9.38 Å². The minimum absolute atomic E-state index is 0.239. The van der Waals surface area contributed by atoms with Crippen molar-refractivity contribution < 1.29 is 18.7 Å². The van der Waals surface area contributed by atoms with Gasteiger partial charge >= 0.3 is 0 Å². The fourth-order valence-corrected chi connectivity index (χ4v) is 2.25. The summed E-state index contributed by atoms with van der Waals surface area (Å²) in [6.45, 7) is 0.311. The number of dihydropyridines is 1. The molecule has 2 aromatic rings. The summed E-state index contributed by atoms with van der Waals surface area (Å²) in [6, 6.07) is 13.0. The van der Waals surface area contributed by atoms with Crippen LogP contribution in [-0.2, 0) is 16.1 Å². The van der Waals surface area contributed by atoms with Crippen molar-refractivity contribution in [1.29, 1.82) is 0 Å². The van der Waals surface area contributed by atoms with Crippen LogP contribution in [0.5, 0.6) is 11.5 Å². The molecule has 0 fully saturated rings. The van der Waals surface area contributed by atoms with E-state index in [0.717, 1.165) is 5.56 Å². The number of hydrogen-bond donors (Lipinski definition) is 1. The molecule has 0 saturated heterocycles. The summed E-state index contributed by atoms with van der Waals surface area (Å²) in [7, 11) is 0. The normalized spacial score (nSPS) is 15.9. The Labute approximate surface area is 143 Å². The second-order valence-corrected chi connectivity index (χ2v) is 5.42. The van der Waals surface area contributed by atoms with Crippen molar-refractivity contribution in [2.24, 2.45) is 10.9 Å². The number of hydrogen-bond acceptors (Lipinski definition) is 3. The fraction of sp³-hybridized carbons (Fsp3) is 0.105. The maximum atomic E-state index is 12.9. The van der Waals surface area contributed by atoms with E-state index >= 15 is 0 Å². The smallest absolute Gasteiger partial charge is 0.269 e. The van der Waals surface area contributed by atoms with Crippen LogP contribution in [0.3, 0.4) is 0 Å². The topological polar surface area (TPSA) is 67.8 Å². The predicted octanol–water partition coefficient (Wildman–Crippen LogP) is 3.02. The summed E-state index contributed by atoms with van der Waals surface area (Å²) in [5, 5.41) is 2.78. The number of carbonyl (C=O) groups excluding carboxylic acids is 2. The fourth-order valence-electron chi connectivity index (χ4n) is 2.25. The first kappa shape index (κ1) is 16.6. The van der Waals surface area contributed by atoms with Crippen LogP contribution in [0.4, 0.5) is 4.39 Å². The standard InChI is InChI=1S/C19H15FN2O3/c20-15-5-7-16(8-6-15)25-17-3-1-2-13(10-17)11-22-19(24)14-4-9-18(23)21-12-14/h1-10,12,14H,11H2,(H,22,24). The Morgan fingerprint density at radius 3 is 2.68 bits per heavy atom. The van der Waals surface area contributed by atoms with Gasteiger partial charge in [-0.2, -0.15) is 0 Å². The third kappa shape index (κ3) is 4.60. The highest BCUT2D eigenvalue weighted by Crippen LogP contribution is 2.22. The monoisotopic (exact) mass is 338 g/mol. The largest absolute Gasteiger partial charge is 0.457 e. The van der Waals surface area contributed by atoms with E-state index in [2.05, 4.69) is 10.3 Å². The number of ether oxygens (including phenoxy) is 1. The van der Waals surface area contributed by atoms with Gasteiger partial charge in [-0.05, 0) is 42.0 Å². The number of nitrogens with zero attached hydrogens (tertiary/aromatic N) is 1. The first-order valence-electron chi connectivity index (χ1n) is 7.66. The molecule has 1 N–H and O–H groups in total. The minimum Gasteiger partial charge on any atom is -0.457 e. The molecule has 1 aliphatic rings. The maximum absolute atomic E-state index is 12.9. The van der Waals surface area contributed by atoms with E-state index < -0.39 is 5.92 Å². The van der Waals surface area contributed by atoms with Crippen molar-refractivity contribution in [3.05, 3.63) is 72.1 Å². The summed E-state index contributed by atoms with van der Waals surface area (Å²) < 4.78 is 18.6. The zero-order valence-electron chi connectivity index (χ0n) is 13.2. The van der Waals surface area contributed by atoms with Crippen LogP contribution in [0.1, 0.15) is 5.56 Å². The maximum Gasteiger partial charge on any atom is 0.269 e. The molecule has 0 spiro atoms. The van der Waals surface area contributed by atoms with Gasteiger partial charge < -0.3 is 10.1 Å². The zero-order valence-corrected chi connectivity index (χ0v) is 13.2. The van der Waals surface area contributed by atoms with Crippen LogP contribution >= 0.6 is 0 Å². The molecular weight excluding hydrogens is 323 g/mol. The lowest BCUT2D eigenvalue weighted by molar-refractivity contribution is -0.122. The first-order valence-corrected chi connectivity index (χ1v) is 7.66. The highest BCUT2D eigenvalue weighted by molar-refractivity contribution is 6.05. The summed E-state index contributed by atoms with van der Waals surface area (Å²) in [5.41, 5.74) is 0.848. The Hall–Kier alpha value is -3.28. The average molecular weight is 338 g/mol. The number of carbonyl (C=O) groups is 2. The third-order valence-electron chi connectivity index (χ3n) is 3.53. The highest BCUT2D eigenvalue weighted by Gasteiger charge is 2.16. The molecule has 6 heteroatoms. The number of nitrogens with one attached hydrogen (secondary N) is 1. The second-order valence-electron chi connectivity index (χ2n) is 5.42. The molecule has 1 aliphatic heterocycles. The Morgan fingerprint density at radius 1 is 1.16 bits per heavy atom. The summed E-state index contributed by atoms with van der Waals surface area (Å²) >= 11 is 0.